The molecule has 1 atom stereocenters. The third kappa shape index (κ3) is 2.13. The van der Waals surface area contributed by atoms with E-state index in [9.17, 15) is 0 Å². The molecular weight excluding hydrogens is 234 g/mol. The van der Waals surface area contributed by atoms with Crippen LogP contribution in [0.1, 0.15) is 37.4 Å². The van der Waals surface area contributed by atoms with E-state index in [0.717, 1.165) is 37.8 Å². The third-order valence-electron chi connectivity index (χ3n) is 3.81. The van der Waals surface area contributed by atoms with Gasteiger partial charge < -0.3 is 4.90 Å². The van der Waals surface area contributed by atoms with Crippen molar-refractivity contribution in [2.45, 2.75) is 39.0 Å². The second-order valence-electron chi connectivity index (χ2n) is 5.29. The summed E-state index contributed by atoms with van der Waals surface area (Å²) in [4.78, 5) is 11.5. The Hall–Kier alpha value is -0.830. The molecule has 92 valence electrons. The predicted molar refractivity (Wildman–Crippen MR) is 69.7 cm³/mol. The molecular formula is C13H18ClN3. The van der Waals surface area contributed by atoms with Gasteiger partial charge in [-0.25, -0.2) is 9.97 Å². The first-order valence-electron chi connectivity index (χ1n) is 6.54. The van der Waals surface area contributed by atoms with Crippen molar-refractivity contribution >= 4 is 17.5 Å². The van der Waals surface area contributed by atoms with Crippen LogP contribution in [0.5, 0.6) is 0 Å². The summed E-state index contributed by atoms with van der Waals surface area (Å²) in [6, 6.07) is 0. The smallest absolute Gasteiger partial charge is 0.227 e. The van der Waals surface area contributed by atoms with Gasteiger partial charge >= 0.3 is 0 Å². The molecule has 0 radical (unpaired) electrons. The van der Waals surface area contributed by atoms with Crippen LogP contribution in [0.25, 0.3) is 0 Å². The lowest BCUT2D eigenvalue weighted by Crippen LogP contribution is -2.35. The van der Waals surface area contributed by atoms with Crippen LogP contribution in [0.4, 0.5) is 5.95 Å². The van der Waals surface area contributed by atoms with E-state index in [1.165, 1.54) is 30.5 Å². The molecule has 0 aromatic carbocycles. The second-order valence-corrected chi connectivity index (χ2v) is 5.64. The average Bonchev–Trinajstić information content (AvgIpc) is 2.77. The van der Waals surface area contributed by atoms with Gasteiger partial charge in [0, 0.05) is 18.7 Å². The Morgan fingerprint density at radius 1 is 1.24 bits per heavy atom. The van der Waals surface area contributed by atoms with Crippen LogP contribution in [-0.4, -0.2) is 23.1 Å². The monoisotopic (exact) mass is 251 g/mol. The van der Waals surface area contributed by atoms with E-state index in [4.69, 9.17) is 16.6 Å². The van der Waals surface area contributed by atoms with Gasteiger partial charge in [0.1, 0.15) is 5.15 Å². The Morgan fingerprint density at radius 3 is 2.94 bits per heavy atom. The second kappa shape index (κ2) is 4.45. The molecule has 1 aliphatic heterocycles. The first-order chi connectivity index (χ1) is 8.24. The summed E-state index contributed by atoms with van der Waals surface area (Å²) in [6.45, 7) is 4.43. The third-order valence-corrected chi connectivity index (χ3v) is 4.12. The molecule has 1 fully saturated rings. The molecule has 17 heavy (non-hydrogen) atoms. The fourth-order valence-corrected chi connectivity index (χ4v) is 3.17. The van der Waals surface area contributed by atoms with E-state index in [1.807, 2.05) is 0 Å². The van der Waals surface area contributed by atoms with E-state index in [1.54, 1.807) is 0 Å². The highest BCUT2D eigenvalue weighted by Gasteiger charge is 2.23. The summed E-state index contributed by atoms with van der Waals surface area (Å²) in [7, 11) is 0. The van der Waals surface area contributed by atoms with Crippen LogP contribution in [0.15, 0.2) is 0 Å². The Bertz CT molecular complexity index is 433. The maximum absolute atomic E-state index is 6.25. The highest BCUT2D eigenvalue weighted by Crippen LogP contribution is 2.29. The molecule has 3 nitrogen and oxygen atoms in total. The van der Waals surface area contributed by atoms with Crippen molar-refractivity contribution in [1.82, 2.24) is 9.97 Å². The zero-order chi connectivity index (χ0) is 11.8. The summed E-state index contributed by atoms with van der Waals surface area (Å²) in [5.74, 6) is 1.58. The SMILES string of the molecule is CC1CCCN(c2nc(Cl)c3c(n2)CCC3)C1. The van der Waals surface area contributed by atoms with Crippen molar-refractivity contribution < 1.29 is 0 Å². The number of aromatic nitrogens is 2. The number of anilines is 1. The van der Waals surface area contributed by atoms with Crippen molar-refractivity contribution in [3.8, 4) is 0 Å². The molecule has 1 aliphatic carbocycles. The molecule has 3 rings (SSSR count). The molecule has 2 heterocycles. The Morgan fingerprint density at radius 2 is 2.12 bits per heavy atom. The molecule has 1 saturated heterocycles. The largest absolute Gasteiger partial charge is 0.341 e. The van der Waals surface area contributed by atoms with Gasteiger partial charge in [-0.3, -0.25) is 0 Å². The van der Waals surface area contributed by atoms with E-state index < -0.39 is 0 Å². The summed E-state index contributed by atoms with van der Waals surface area (Å²) in [5.41, 5.74) is 2.36. The lowest BCUT2D eigenvalue weighted by Gasteiger charge is -2.31. The number of hydrogen-bond acceptors (Lipinski definition) is 3. The molecule has 0 N–H and O–H groups in total. The molecule has 0 saturated carbocycles. The summed E-state index contributed by atoms with van der Waals surface area (Å²) >= 11 is 6.25. The van der Waals surface area contributed by atoms with Crippen LogP contribution in [0, 0.1) is 5.92 Å². The van der Waals surface area contributed by atoms with Gasteiger partial charge in [0.2, 0.25) is 5.95 Å². The highest BCUT2D eigenvalue weighted by atomic mass is 35.5. The number of aryl methyl sites for hydroxylation is 1. The minimum absolute atomic E-state index is 0.681. The van der Waals surface area contributed by atoms with Gasteiger partial charge in [0.25, 0.3) is 0 Å². The van der Waals surface area contributed by atoms with Crippen molar-refractivity contribution in [1.29, 1.82) is 0 Å². The van der Waals surface area contributed by atoms with Gasteiger partial charge in [0.15, 0.2) is 0 Å². The molecule has 1 aromatic heterocycles. The van der Waals surface area contributed by atoms with E-state index in [0.29, 0.717) is 5.15 Å². The summed E-state index contributed by atoms with van der Waals surface area (Å²) < 4.78 is 0. The van der Waals surface area contributed by atoms with Crippen molar-refractivity contribution in [2.75, 3.05) is 18.0 Å². The number of nitrogens with zero attached hydrogens (tertiary/aromatic N) is 3. The fraction of sp³-hybridized carbons (Fsp3) is 0.692. The van der Waals surface area contributed by atoms with Crippen LogP contribution >= 0.6 is 11.6 Å². The van der Waals surface area contributed by atoms with E-state index in [2.05, 4.69) is 16.8 Å². The minimum atomic E-state index is 0.681. The number of hydrogen-bond donors (Lipinski definition) is 0. The van der Waals surface area contributed by atoms with Crippen molar-refractivity contribution in [3.63, 3.8) is 0 Å². The molecule has 1 aromatic rings. The molecule has 4 heteroatoms. The van der Waals surface area contributed by atoms with Gasteiger partial charge in [-0.15, -0.1) is 0 Å². The molecule has 0 spiro atoms. The summed E-state index contributed by atoms with van der Waals surface area (Å²) in [6.07, 6.45) is 5.83. The number of fused-ring (bicyclic) bond motifs is 1. The number of halogens is 1. The van der Waals surface area contributed by atoms with E-state index >= 15 is 0 Å². The molecule has 0 amide bonds. The van der Waals surface area contributed by atoms with Gasteiger partial charge in [0.05, 0.1) is 5.69 Å². The van der Waals surface area contributed by atoms with Gasteiger partial charge in [-0.1, -0.05) is 18.5 Å². The van der Waals surface area contributed by atoms with E-state index in [-0.39, 0.29) is 0 Å². The Balaban J connectivity index is 1.90. The lowest BCUT2D eigenvalue weighted by molar-refractivity contribution is 0.441. The lowest BCUT2D eigenvalue weighted by atomic mass is 10.0. The minimum Gasteiger partial charge on any atom is -0.341 e. The topological polar surface area (TPSA) is 29.0 Å². The average molecular weight is 252 g/mol. The number of rotatable bonds is 1. The Kier molecular flexibility index (Phi) is 2.95. The maximum atomic E-state index is 6.25. The Labute approximate surface area is 107 Å². The predicted octanol–water partition coefficient (Wildman–Crippen LogP) is 2.86. The zero-order valence-corrected chi connectivity index (χ0v) is 11.0. The summed E-state index contributed by atoms with van der Waals surface area (Å²) in [5, 5.41) is 0.681. The molecule has 0 bridgehead atoms. The molecule has 1 unspecified atom stereocenters. The quantitative estimate of drug-likeness (QED) is 0.719. The van der Waals surface area contributed by atoms with Crippen LogP contribution in [0.3, 0.4) is 0 Å². The van der Waals surface area contributed by atoms with Gasteiger partial charge in [-0.2, -0.15) is 0 Å². The normalized spacial score (nSPS) is 23.9. The standard InChI is InChI=1S/C13H18ClN3/c1-9-4-3-7-17(8-9)13-15-11-6-2-5-10(11)12(14)16-13/h9H,2-8H2,1H3. The van der Waals surface area contributed by atoms with Crippen LogP contribution in [0.2, 0.25) is 5.15 Å². The zero-order valence-electron chi connectivity index (χ0n) is 10.2. The first kappa shape index (κ1) is 11.3. The first-order valence-corrected chi connectivity index (χ1v) is 6.92. The number of piperidine rings is 1. The van der Waals surface area contributed by atoms with Gasteiger partial charge in [-0.05, 0) is 38.0 Å². The maximum Gasteiger partial charge on any atom is 0.227 e. The van der Waals surface area contributed by atoms with Crippen LogP contribution in [-0.2, 0) is 12.8 Å². The van der Waals surface area contributed by atoms with Crippen molar-refractivity contribution in [3.05, 3.63) is 16.4 Å². The van der Waals surface area contributed by atoms with Crippen molar-refractivity contribution in [2.24, 2.45) is 5.92 Å². The molecule has 2 aliphatic rings. The van der Waals surface area contributed by atoms with Crippen LogP contribution < -0.4 is 4.90 Å². The highest BCUT2D eigenvalue weighted by molar-refractivity contribution is 6.30. The fourth-order valence-electron chi connectivity index (χ4n) is 2.89.